The highest BCUT2D eigenvalue weighted by atomic mass is 16.3. The molecule has 1 unspecified atom stereocenters. The number of hydrogen-bond acceptors (Lipinski definition) is 3. The van der Waals surface area contributed by atoms with E-state index < -0.39 is 0 Å². The standard InChI is InChI=1S/C12H17NO2.H2O/c1-2-3-4-7-13-12-6-5-11(15)8-10(12)9-14;/h5-6,8,12-13,15H,2-4,7H2,1H3;1H2. The summed E-state index contributed by atoms with van der Waals surface area (Å²) in [6, 6.07) is -0.102. The predicted octanol–water partition coefficient (Wildman–Crippen LogP) is 1.08. The molecule has 1 aliphatic rings. The van der Waals surface area contributed by atoms with Crippen LogP contribution in [0.3, 0.4) is 0 Å². The number of unbranched alkanes of at least 4 members (excludes halogenated alkanes) is 2. The molecule has 0 amide bonds. The minimum atomic E-state index is -0.102. The highest BCUT2D eigenvalue weighted by molar-refractivity contribution is 5.62. The van der Waals surface area contributed by atoms with Gasteiger partial charge < -0.3 is 15.9 Å². The fourth-order valence-corrected chi connectivity index (χ4v) is 1.50. The fraction of sp³-hybridized carbons (Fsp3) is 0.500. The highest BCUT2D eigenvalue weighted by Crippen LogP contribution is 2.12. The van der Waals surface area contributed by atoms with Crippen LogP contribution in [0.1, 0.15) is 26.2 Å². The normalized spacial score (nSPS) is 18.7. The number of nitrogens with one attached hydrogen (secondary N) is 1. The molecule has 1 atom stereocenters. The van der Waals surface area contributed by atoms with Crippen LogP contribution >= 0.6 is 0 Å². The van der Waals surface area contributed by atoms with E-state index >= 15 is 0 Å². The lowest BCUT2D eigenvalue weighted by Gasteiger charge is -2.16. The maximum absolute atomic E-state index is 10.6. The molecule has 16 heavy (non-hydrogen) atoms. The molecular formula is C12H19NO3. The van der Waals surface area contributed by atoms with Crippen LogP contribution in [0.15, 0.2) is 29.6 Å². The predicted molar refractivity (Wildman–Crippen MR) is 64.0 cm³/mol. The van der Waals surface area contributed by atoms with E-state index in [0.29, 0.717) is 5.57 Å². The van der Waals surface area contributed by atoms with Crippen LogP contribution in [0.25, 0.3) is 0 Å². The lowest BCUT2D eigenvalue weighted by molar-refractivity contribution is 0.427. The van der Waals surface area contributed by atoms with Crippen molar-refractivity contribution in [2.24, 2.45) is 0 Å². The molecule has 4 nitrogen and oxygen atoms in total. The van der Waals surface area contributed by atoms with Gasteiger partial charge >= 0.3 is 0 Å². The topological polar surface area (TPSA) is 80.8 Å². The van der Waals surface area contributed by atoms with Crippen molar-refractivity contribution in [3.05, 3.63) is 29.6 Å². The van der Waals surface area contributed by atoms with Crippen molar-refractivity contribution in [2.75, 3.05) is 6.54 Å². The molecule has 0 aromatic carbocycles. The Bertz CT molecular complexity index is 314. The van der Waals surface area contributed by atoms with Crippen LogP contribution in [0.2, 0.25) is 0 Å². The summed E-state index contributed by atoms with van der Waals surface area (Å²) < 4.78 is 0. The van der Waals surface area contributed by atoms with Gasteiger partial charge in [0.25, 0.3) is 0 Å². The number of allylic oxidation sites excluding steroid dienone is 1. The Morgan fingerprint density at radius 1 is 1.50 bits per heavy atom. The van der Waals surface area contributed by atoms with Gasteiger partial charge in [-0.25, -0.2) is 4.79 Å². The van der Waals surface area contributed by atoms with Crippen molar-refractivity contribution >= 4 is 5.94 Å². The summed E-state index contributed by atoms with van der Waals surface area (Å²) in [4.78, 5) is 10.6. The minimum Gasteiger partial charge on any atom is -0.508 e. The van der Waals surface area contributed by atoms with Crippen LogP contribution in [-0.2, 0) is 4.79 Å². The Morgan fingerprint density at radius 3 is 2.88 bits per heavy atom. The van der Waals surface area contributed by atoms with Gasteiger partial charge in [-0.15, -0.1) is 0 Å². The van der Waals surface area contributed by atoms with E-state index in [1.165, 1.54) is 18.9 Å². The van der Waals surface area contributed by atoms with Gasteiger partial charge in [-0.2, -0.15) is 0 Å². The molecule has 0 heterocycles. The molecule has 0 aliphatic heterocycles. The van der Waals surface area contributed by atoms with E-state index in [1.54, 1.807) is 12.2 Å². The van der Waals surface area contributed by atoms with Gasteiger partial charge in [0.15, 0.2) is 0 Å². The second-order valence-electron chi connectivity index (χ2n) is 3.62. The molecule has 0 aromatic rings. The van der Waals surface area contributed by atoms with Crippen LogP contribution in [-0.4, -0.2) is 29.1 Å². The van der Waals surface area contributed by atoms with Crippen LogP contribution < -0.4 is 5.32 Å². The van der Waals surface area contributed by atoms with E-state index in [2.05, 4.69) is 12.2 Å². The van der Waals surface area contributed by atoms with Crippen molar-refractivity contribution in [3.8, 4) is 0 Å². The molecule has 0 fully saturated rings. The first kappa shape index (κ1) is 14.6. The summed E-state index contributed by atoms with van der Waals surface area (Å²) in [6.07, 6.45) is 8.29. The molecule has 4 heteroatoms. The average molecular weight is 225 g/mol. The van der Waals surface area contributed by atoms with Crippen molar-refractivity contribution in [1.29, 1.82) is 0 Å². The second kappa shape index (κ2) is 7.88. The van der Waals surface area contributed by atoms with E-state index in [1.807, 2.05) is 5.94 Å². The van der Waals surface area contributed by atoms with Gasteiger partial charge in [0.2, 0.25) is 0 Å². The largest absolute Gasteiger partial charge is 0.508 e. The molecular weight excluding hydrogens is 206 g/mol. The maximum atomic E-state index is 10.6. The third kappa shape index (κ3) is 4.45. The SMILES string of the molecule is CCCCCNC1C=CC(O)=CC1=C=O.O. The first-order valence-electron chi connectivity index (χ1n) is 5.35. The zero-order valence-corrected chi connectivity index (χ0v) is 9.49. The number of hydrogen-bond donors (Lipinski definition) is 2. The zero-order chi connectivity index (χ0) is 11.1. The van der Waals surface area contributed by atoms with Gasteiger partial charge in [-0.05, 0) is 25.1 Å². The van der Waals surface area contributed by atoms with E-state index in [4.69, 9.17) is 0 Å². The molecule has 0 bridgehead atoms. The third-order valence-corrected chi connectivity index (χ3v) is 2.36. The Labute approximate surface area is 95.7 Å². The summed E-state index contributed by atoms with van der Waals surface area (Å²) in [7, 11) is 0. The summed E-state index contributed by atoms with van der Waals surface area (Å²) in [5.41, 5.74) is 0.464. The van der Waals surface area contributed by atoms with Gasteiger partial charge in [-0.1, -0.05) is 25.8 Å². The molecule has 0 spiro atoms. The Kier molecular flexibility index (Phi) is 7.21. The minimum absolute atomic E-state index is 0. The van der Waals surface area contributed by atoms with Crippen molar-refractivity contribution < 1.29 is 15.4 Å². The lowest BCUT2D eigenvalue weighted by Crippen LogP contribution is -2.31. The molecule has 1 aliphatic carbocycles. The highest BCUT2D eigenvalue weighted by Gasteiger charge is 2.13. The second-order valence-corrected chi connectivity index (χ2v) is 3.62. The molecule has 0 radical (unpaired) electrons. The lowest BCUT2D eigenvalue weighted by atomic mass is 10.0. The first-order valence-corrected chi connectivity index (χ1v) is 5.35. The Hall–Kier alpha value is -1.35. The van der Waals surface area contributed by atoms with Gasteiger partial charge in [0.05, 0.1) is 11.6 Å². The number of aliphatic hydroxyl groups is 1. The van der Waals surface area contributed by atoms with E-state index in [9.17, 15) is 9.90 Å². The summed E-state index contributed by atoms with van der Waals surface area (Å²) in [5, 5.41) is 12.4. The molecule has 0 aromatic heterocycles. The summed E-state index contributed by atoms with van der Waals surface area (Å²) in [5.74, 6) is 1.95. The fourth-order valence-electron chi connectivity index (χ4n) is 1.50. The molecule has 1 rings (SSSR count). The first-order chi connectivity index (χ1) is 7.27. The van der Waals surface area contributed by atoms with Gasteiger partial charge in [0.1, 0.15) is 11.7 Å². The van der Waals surface area contributed by atoms with Crippen molar-refractivity contribution in [3.63, 3.8) is 0 Å². The molecule has 4 N–H and O–H groups in total. The van der Waals surface area contributed by atoms with Gasteiger partial charge in [0, 0.05) is 0 Å². The molecule has 90 valence electrons. The van der Waals surface area contributed by atoms with Crippen LogP contribution in [0, 0.1) is 0 Å². The third-order valence-electron chi connectivity index (χ3n) is 2.36. The number of aliphatic hydroxyl groups excluding tert-OH is 1. The van der Waals surface area contributed by atoms with Gasteiger partial charge in [-0.3, -0.25) is 0 Å². The maximum Gasteiger partial charge on any atom is 0.130 e. The quantitative estimate of drug-likeness (QED) is 0.542. The molecule has 0 saturated carbocycles. The number of carbonyl (C=O) groups excluding carboxylic acids is 1. The molecule has 0 saturated heterocycles. The van der Waals surface area contributed by atoms with Crippen molar-refractivity contribution in [1.82, 2.24) is 5.32 Å². The Morgan fingerprint density at radius 2 is 2.25 bits per heavy atom. The smallest absolute Gasteiger partial charge is 0.130 e. The average Bonchev–Trinajstić information content (AvgIpc) is 2.26. The number of rotatable bonds is 5. The Balaban J connectivity index is 0.00000225. The van der Waals surface area contributed by atoms with Crippen LogP contribution in [0.4, 0.5) is 0 Å². The van der Waals surface area contributed by atoms with E-state index in [-0.39, 0.29) is 17.3 Å². The summed E-state index contributed by atoms with van der Waals surface area (Å²) in [6.45, 7) is 3.03. The zero-order valence-electron chi connectivity index (χ0n) is 9.49. The van der Waals surface area contributed by atoms with Crippen molar-refractivity contribution in [2.45, 2.75) is 32.2 Å². The summed E-state index contributed by atoms with van der Waals surface area (Å²) >= 11 is 0. The van der Waals surface area contributed by atoms with Crippen LogP contribution in [0.5, 0.6) is 0 Å². The monoisotopic (exact) mass is 225 g/mol. The van der Waals surface area contributed by atoms with E-state index in [0.717, 1.165) is 13.0 Å².